The fourth-order valence-corrected chi connectivity index (χ4v) is 6.10. The van der Waals surface area contributed by atoms with Crippen molar-refractivity contribution in [1.82, 2.24) is 0 Å². The van der Waals surface area contributed by atoms with Gasteiger partial charge in [0.1, 0.15) is 0 Å². The van der Waals surface area contributed by atoms with E-state index < -0.39 is 6.29 Å². The molecule has 3 fully saturated rings. The minimum atomic E-state index is -0.901. The summed E-state index contributed by atoms with van der Waals surface area (Å²) in [6.07, 6.45) is 11.1. The first-order chi connectivity index (χ1) is 18.4. The lowest BCUT2D eigenvalue weighted by atomic mass is 9.86. The summed E-state index contributed by atoms with van der Waals surface area (Å²) in [5, 5.41) is 11.0. The molecule has 9 atom stereocenters. The average Bonchev–Trinajstić information content (AvgIpc) is 2.88. The van der Waals surface area contributed by atoms with Crippen LogP contribution in [0.4, 0.5) is 0 Å². The van der Waals surface area contributed by atoms with Gasteiger partial charge in [0.05, 0.1) is 49.3 Å². The second-order valence-corrected chi connectivity index (χ2v) is 12.1. The molecule has 4 rings (SSSR count). The summed E-state index contributed by atoms with van der Waals surface area (Å²) in [4.78, 5) is 0. The minimum absolute atomic E-state index is 0.00559. The van der Waals surface area contributed by atoms with Gasteiger partial charge in [-0.25, -0.2) is 0 Å². The number of aliphatic hydroxyl groups is 1. The molecule has 3 aliphatic heterocycles. The zero-order valence-corrected chi connectivity index (χ0v) is 23.9. The topological polar surface area (TPSA) is 66.4 Å². The molecule has 214 valence electrons. The molecule has 0 aliphatic carbocycles. The number of fused-ring (bicyclic) bond motifs is 4. The number of hydrogen-bond donors (Lipinski definition) is 1. The Bertz CT molecular complexity index is 828. The number of aliphatic hydroxyl groups excluding tert-OH is 1. The molecule has 1 N–H and O–H groups in total. The van der Waals surface area contributed by atoms with Crippen LogP contribution in [0, 0.1) is 11.8 Å². The maximum absolute atomic E-state index is 11.0. The Morgan fingerprint density at radius 3 is 2.37 bits per heavy atom. The summed E-state index contributed by atoms with van der Waals surface area (Å²) in [5.74, 6) is 1.07. The van der Waals surface area contributed by atoms with Gasteiger partial charge in [0.15, 0.2) is 6.29 Å². The highest BCUT2D eigenvalue weighted by Gasteiger charge is 2.37. The summed E-state index contributed by atoms with van der Waals surface area (Å²) in [6.45, 7) is 7.29. The smallest absolute Gasteiger partial charge is 0.157 e. The van der Waals surface area contributed by atoms with Crippen molar-refractivity contribution in [2.24, 2.45) is 11.8 Å². The van der Waals surface area contributed by atoms with Crippen LogP contribution in [-0.4, -0.2) is 61.2 Å². The van der Waals surface area contributed by atoms with Crippen molar-refractivity contribution in [3.05, 3.63) is 48.0 Å². The number of ether oxygens (including phenoxy) is 5. The van der Waals surface area contributed by atoms with E-state index in [1.807, 2.05) is 18.2 Å². The van der Waals surface area contributed by atoms with Crippen LogP contribution in [0.25, 0.3) is 0 Å². The van der Waals surface area contributed by atoms with E-state index in [0.717, 1.165) is 51.4 Å². The van der Waals surface area contributed by atoms with Gasteiger partial charge in [0.25, 0.3) is 0 Å². The van der Waals surface area contributed by atoms with Gasteiger partial charge in [-0.05, 0) is 49.5 Å². The fourth-order valence-electron chi connectivity index (χ4n) is 6.10. The quantitative estimate of drug-likeness (QED) is 0.424. The molecule has 3 saturated heterocycles. The van der Waals surface area contributed by atoms with Crippen molar-refractivity contribution in [1.29, 1.82) is 0 Å². The van der Waals surface area contributed by atoms with Gasteiger partial charge in [-0.1, -0.05) is 63.3 Å². The lowest BCUT2D eigenvalue weighted by Crippen LogP contribution is -2.43. The van der Waals surface area contributed by atoms with Crippen LogP contribution >= 0.6 is 0 Å². The molecule has 3 heterocycles. The van der Waals surface area contributed by atoms with E-state index in [0.29, 0.717) is 24.9 Å². The summed E-state index contributed by atoms with van der Waals surface area (Å²) < 4.78 is 31.8. The minimum Gasteiger partial charge on any atom is -0.381 e. The van der Waals surface area contributed by atoms with Gasteiger partial charge in [-0.15, -0.1) is 0 Å². The Morgan fingerprint density at radius 1 is 0.895 bits per heavy atom. The predicted octanol–water partition coefficient (Wildman–Crippen LogP) is 6.20. The Kier molecular flexibility index (Phi) is 11.7. The molecule has 6 heteroatoms. The van der Waals surface area contributed by atoms with Crippen LogP contribution in [-0.2, 0) is 30.3 Å². The number of hydrogen-bond acceptors (Lipinski definition) is 6. The van der Waals surface area contributed by atoms with Gasteiger partial charge in [-0.3, -0.25) is 0 Å². The molecule has 4 bridgehead atoms. The third-order valence-electron chi connectivity index (χ3n) is 8.32. The maximum Gasteiger partial charge on any atom is 0.157 e. The Hall–Kier alpha value is -1.28. The zero-order valence-electron chi connectivity index (χ0n) is 23.9. The van der Waals surface area contributed by atoms with Crippen LogP contribution in [0.1, 0.15) is 84.1 Å². The van der Waals surface area contributed by atoms with Crippen molar-refractivity contribution in [3.63, 3.8) is 0 Å². The molecular weight excluding hydrogens is 480 g/mol. The van der Waals surface area contributed by atoms with Gasteiger partial charge >= 0.3 is 0 Å². The SMILES string of the molecule is CO[C@H]1C[C@@H]2C[C@H](OCc3ccccc3)C[C@H](C[C@H](O)O[C@@H](/C=C/CC(C)C)C[C@@H]3CC[C@H](C)[C@@H](C1)O3)O2. The molecule has 3 aliphatic rings. The van der Waals surface area contributed by atoms with Crippen LogP contribution in [0.15, 0.2) is 42.5 Å². The molecule has 38 heavy (non-hydrogen) atoms. The van der Waals surface area contributed by atoms with E-state index in [4.69, 9.17) is 23.7 Å². The summed E-state index contributed by atoms with van der Waals surface area (Å²) in [7, 11) is 1.80. The molecular formula is C32H50O6. The van der Waals surface area contributed by atoms with E-state index >= 15 is 0 Å². The van der Waals surface area contributed by atoms with Gasteiger partial charge < -0.3 is 28.8 Å². The Balaban J connectivity index is 1.49. The zero-order chi connectivity index (χ0) is 26.9. The highest BCUT2D eigenvalue weighted by Crippen LogP contribution is 2.34. The lowest BCUT2D eigenvalue weighted by molar-refractivity contribution is -0.192. The Morgan fingerprint density at radius 2 is 1.63 bits per heavy atom. The monoisotopic (exact) mass is 530 g/mol. The highest BCUT2D eigenvalue weighted by atomic mass is 16.6. The van der Waals surface area contributed by atoms with Crippen LogP contribution in [0.2, 0.25) is 0 Å². The molecule has 0 amide bonds. The fraction of sp³-hybridized carbons (Fsp3) is 0.750. The third-order valence-corrected chi connectivity index (χ3v) is 8.32. The lowest BCUT2D eigenvalue weighted by Gasteiger charge is -2.41. The summed E-state index contributed by atoms with van der Waals surface area (Å²) >= 11 is 0. The first-order valence-electron chi connectivity index (χ1n) is 14.9. The van der Waals surface area contributed by atoms with E-state index in [-0.39, 0.29) is 42.7 Å². The van der Waals surface area contributed by atoms with E-state index in [1.54, 1.807) is 7.11 Å². The molecule has 0 spiro atoms. The summed E-state index contributed by atoms with van der Waals surface area (Å²) in [5.41, 5.74) is 1.17. The standard InChI is InChI=1S/C32H50O6/c1-22(2)9-8-12-25-15-26-14-13-23(3)31(37-26)19-27(34-4)16-29-17-28(18-30(36-29)20-32(33)38-25)35-21-24-10-6-5-7-11-24/h5-8,10-12,22-23,25-33H,9,13-21H2,1-4H3/b12-8+/t23-,25-,26-,27-,28-,29+,30+,31+,32+/m0/s1. The van der Waals surface area contributed by atoms with Gasteiger partial charge in [-0.2, -0.15) is 0 Å². The molecule has 0 radical (unpaired) electrons. The molecule has 1 aromatic rings. The van der Waals surface area contributed by atoms with E-state index in [1.165, 1.54) is 5.56 Å². The third kappa shape index (κ3) is 9.42. The molecule has 1 aromatic carbocycles. The van der Waals surface area contributed by atoms with Crippen LogP contribution in [0.3, 0.4) is 0 Å². The van der Waals surface area contributed by atoms with Gasteiger partial charge in [0, 0.05) is 32.8 Å². The van der Waals surface area contributed by atoms with Crippen molar-refractivity contribution in [2.45, 2.75) is 134 Å². The van der Waals surface area contributed by atoms with E-state index in [2.05, 4.69) is 45.1 Å². The molecule has 6 nitrogen and oxygen atoms in total. The number of methoxy groups -OCH3 is 1. The van der Waals surface area contributed by atoms with Crippen molar-refractivity contribution < 1.29 is 28.8 Å². The first kappa shape index (κ1) is 29.7. The molecule has 0 unspecified atom stereocenters. The van der Waals surface area contributed by atoms with Crippen LogP contribution in [0.5, 0.6) is 0 Å². The van der Waals surface area contributed by atoms with Gasteiger partial charge in [0.2, 0.25) is 0 Å². The maximum atomic E-state index is 11.0. The number of benzene rings is 1. The first-order valence-corrected chi connectivity index (χ1v) is 14.9. The Labute approximate surface area is 230 Å². The second kappa shape index (κ2) is 14.9. The highest BCUT2D eigenvalue weighted by molar-refractivity contribution is 5.13. The van der Waals surface area contributed by atoms with Crippen molar-refractivity contribution in [2.75, 3.05) is 7.11 Å². The van der Waals surface area contributed by atoms with Crippen LogP contribution < -0.4 is 0 Å². The predicted molar refractivity (Wildman–Crippen MR) is 149 cm³/mol. The average molecular weight is 531 g/mol. The van der Waals surface area contributed by atoms with Crippen molar-refractivity contribution >= 4 is 0 Å². The number of rotatable bonds is 7. The van der Waals surface area contributed by atoms with E-state index in [9.17, 15) is 5.11 Å². The normalized spacial score (nSPS) is 37.3. The second-order valence-electron chi connectivity index (χ2n) is 12.1. The van der Waals surface area contributed by atoms with Crippen molar-refractivity contribution in [3.8, 4) is 0 Å². The number of allylic oxidation sites excluding steroid dienone is 1. The molecule has 0 saturated carbocycles. The largest absolute Gasteiger partial charge is 0.381 e. The summed E-state index contributed by atoms with van der Waals surface area (Å²) in [6, 6.07) is 10.3. The molecule has 0 aromatic heterocycles.